The van der Waals surface area contributed by atoms with Gasteiger partial charge in [-0.05, 0) is 46.5 Å². The molecule has 2 aliphatic rings. The molecular weight excluding hydrogens is 244 g/mol. The Hall–Kier alpha value is -1.26. The summed E-state index contributed by atoms with van der Waals surface area (Å²) in [5.74, 6) is 0.368. The van der Waals surface area contributed by atoms with E-state index in [1.807, 2.05) is 20.8 Å². The van der Waals surface area contributed by atoms with Crippen molar-refractivity contribution < 1.29 is 14.3 Å². The highest BCUT2D eigenvalue weighted by atomic mass is 16.6. The van der Waals surface area contributed by atoms with Crippen LogP contribution in [-0.4, -0.2) is 41.6 Å². The van der Waals surface area contributed by atoms with E-state index in [-0.39, 0.29) is 24.0 Å². The Morgan fingerprint density at radius 1 is 1.21 bits per heavy atom. The largest absolute Gasteiger partial charge is 0.444 e. The fraction of sp³-hybridized carbons (Fsp3) is 0.857. The zero-order valence-electron chi connectivity index (χ0n) is 12.1. The number of likely N-dealkylation sites (tertiary alicyclic amines) is 1. The van der Waals surface area contributed by atoms with Crippen LogP contribution in [0.25, 0.3) is 0 Å². The Bertz CT molecular complexity index is 358. The smallest absolute Gasteiger partial charge is 0.410 e. The maximum Gasteiger partial charge on any atom is 0.410 e. The topological polar surface area (TPSA) is 58.6 Å². The molecule has 5 heteroatoms. The summed E-state index contributed by atoms with van der Waals surface area (Å²) in [6, 6.07) is 0.0781. The van der Waals surface area contributed by atoms with Crippen molar-refractivity contribution in [2.24, 2.45) is 5.92 Å². The van der Waals surface area contributed by atoms with Gasteiger partial charge in [-0.2, -0.15) is 0 Å². The van der Waals surface area contributed by atoms with Gasteiger partial charge >= 0.3 is 6.09 Å². The second kappa shape index (κ2) is 5.39. The number of hydrogen-bond donors (Lipinski definition) is 1. The highest BCUT2D eigenvalue weighted by molar-refractivity contribution is 5.81. The number of piperidine rings is 1. The van der Waals surface area contributed by atoms with Crippen LogP contribution in [0.15, 0.2) is 0 Å². The van der Waals surface area contributed by atoms with Gasteiger partial charge in [-0.3, -0.25) is 4.79 Å². The van der Waals surface area contributed by atoms with Crippen LogP contribution in [0.4, 0.5) is 4.79 Å². The van der Waals surface area contributed by atoms with Crippen LogP contribution in [0.5, 0.6) is 0 Å². The molecule has 1 atom stereocenters. The Morgan fingerprint density at radius 2 is 1.89 bits per heavy atom. The first-order valence-corrected chi connectivity index (χ1v) is 7.13. The standard InChI is InChI=1S/C14H24N2O3/c1-14(2,3)19-13(18)16-8-4-5-11(9-16)15-12(17)10-6-7-10/h10-11H,4-9H2,1-3H3,(H,15,17)/t11-/m1/s1. The summed E-state index contributed by atoms with van der Waals surface area (Å²) in [6.45, 7) is 6.86. The predicted octanol–water partition coefficient (Wildman–Crippen LogP) is 1.91. The van der Waals surface area contributed by atoms with E-state index >= 15 is 0 Å². The first kappa shape index (κ1) is 14.2. The summed E-state index contributed by atoms with van der Waals surface area (Å²) < 4.78 is 5.36. The molecule has 5 nitrogen and oxygen atoms in total. The van der Waals surface area contributed by atoms with Gasteiger partial charge in [-0.1, -0.05) is 0 Å². The van der Waals surface area contributed by atoms with Crippen LogP contribution in [-0.2, 0) is 9.53 Å². The van der Waals surface area contributed by atoms with Gasteiger partial charge in [0, 0.05) is 25.0 Å². The molecule has 1 aliphatic carbocycles. The molecule has 1 saturated carbocycles. The van der Waals surface area contributed by atoms with Crippen LogP contribution in [0.1, 0.15) is 46.5 Å². The minimum Gasteiger partial charge on any atom is -0.444 e. The van der Waals surface area contributed by atoms with Crippen LogP contribution >= 0.6 is 0 Å². The number of carbonyl (C=O) groups excluding carboxylic acids is 2. The van der Waals surface area contributed by atoms with Crippen LogP contribution in [0.3, 0.4) is 0 Å². The average molecular weight is 268 g/mol. The molecule has 0 aromatic rings. The molecule has 1 aliphatic heterocycles. The number of rotatable bonds is 2. The summed E-state index contributed by atoms with van der Waals surface area (Å²) in [5, 5.41) is 3.04. The normalized spacial score (nSPS) is 23.9. The summed E-state index contributed by atoms with van der Waals surface area (Å²) in [6.07, 6.45) is 3.59. The zero-order valence-corrected chi connectivity index (χ0v) is 12.1. The van der Waals surface area contributed by atoms with Crippen molar-refractivity contribution in [3.63, 3.8) is 0 Å². The lowest BCUT2D eigenvalue weighted by Crippen LogP contribution is -2.51. The lowest BCUT2D eigenvalue weighted by Gasteiger charge is -2.34. The minimum atomic E-state index is -0.471. The van der Waals surface area contributed by atoms with E-state index in [0.29, 0.717) is 13.1 Å². The average Bonchev–Trinajstić information content (AvgIpc) is 3.10. The van der Waals surface area contributed by atoms with E-state index in [2.05, 4.69) is 5.32 Å². The fourth-order valence-electron chi connectivity index (χ4n) is 2.25. The zero-order chi connectivity index (χ0) is 14.0. The predicted molar refractivity (Wildman–Crippen MR) is 71.7 cm³/mol. The van der Waals surface area contributed by atoms with E-state index in [1.165, 1.54) is 0 Å². The van der Waals surface area contributed by atoms with Gasteiger partial charge in [0.1, 0.15) is 5.60 Å². The number of carbonyl (C=O) groups is 2. The lowest BCUT2D eigenvalue weighted by atomic mass is 10.1. The monoisotopic (exact) mass is 268 g/mol. The van der Waals surface area contributed by atoms with Crippen LogP contribution in [0, 0.1) is 5.92 Å². The Morgan fingerprint density at radius 3 is 2.47 bits per heavy atom. The molecule has 1 N–H and O–H groups in total. The number of nitrogens with one attached hydrogen (secondary N) is 1. The summed E-state index contributed by atoms with van der Waals surface area (Å²) >= 11 is 0. The van der Waals surface area contributed by atoms with Gasteiger partial charge in [0.25, 0.3) is 0 Å². The number of hydrogen-bond acceptors (Lipinski definition) is 3. The molecule has 108 valence electrons. The number of amides is 2. The molecule has 2 fully saturated rings. The van der Waals surface area contributed by atoms with E-state index in [9.17, 15) is 9.59 Å². The molecular formula is C14H24N2O3. The molecule has 0 unspecified atom stereocenters. The van der Waals surface area contributed by atoms with E-state index in [1.54, 1.807) is 4.90 Å². The maximum absolute atomic E-state index is 12.0. The van der Waals surface area contributed by atoms with E-state index in [4.69, 9.17) is 4.74 Å². The SMILES string of the molecule is CC(C)(C)OC(=O)N1CCC[C@@H](NC(=O)C2CC2)C1. The highest BCUT2D eigenvalue weighted by Crippen LogP contribution is 2.29. The Kier molecular flexibility index (Phi) is 4.02. The Balaban J connectivity index is 1.82. The minimum absolute atomic E-state index is 0.0781. The van der Waals surface area contributed by atoms with Gasteiger partial charge in [0.15, 0.2) is 0 Å². The van der Waals surface area contributed by atoms with E-state index in [0.717, 1.165) is 25.7 Å². The first-order valence-electron chi connectivity index (χ1n) is 7.13. The second-order valence-corrected chi connectivity index (χ2v) is 6.55. The number of nitrogens with zero attached hydrogens (tertiary/aromatic N) is 1. The van der Waals surface area contributed by atoms with Crippen molar-refractivity contribution in [1.82, 2.24) is 10.2 Å². The van der Waals surface area contributed by atoms with E-state index < -0.39 is 5.60 Å². The molecule has 0 spiro atoms. The third-order valence-electron chi connectivity index (χ3n) is 3.37. The molecule has 2 rings (SSSR count). The molecule has 0 aromatic heterocycles. The first-order chi connectivity index (χ1) is 8.85. The molecule has 0 radical (unpaired) electrons. The van der Waals surface area contributed by atoms with Gasteiger partial charge < -0.3 is 15.0 Å². The fourth-order valence-corrected chi connectivity index (χ4v) is 2.25. The van der Waals surface area contributed by atoms with Crippen molar-refractivity contribution in [1.29, 1.82) is 0 Å². The summed E-state index contributed by atoms with van der Waals surface area (Å²) in [4.78, 5) is 25.4. The molecule has 0 aromatic carbocycles. The molecule has 2 amide bonds. The summed E-state index contributed by atoms with van der Waals surface area (Å²) in [7, 11) is 0. The Labute approximate surface area is 114 Å². The second-order valence-electron chi connectivity index (χ2n) is 6.55. The summed E-state index contributed by atoms with van der Waals surface area (Å²) in [5.41, 5.74) is -0.471. The van der Waals surface area contributed by atoms with Crippen molar-refractivity contribution >= 4 is 12.0 Å². The number of ether oxygens (including phenoxy) is 1. The molecule has 0 bridgehead atoms. The molecule has 1 saturated heterocycles. The third kappa shape index (κ3) is 4.40. The van der Waals surface area contributed by atoms with Crippen molar-refractivity contribution in [2.75, 3.05) is 13.1 Å². The third-order valence-corrected chi connectivity index (χ3v) is 3.37. The van der Waals surface area contributed by atoms with Crippen LogP contribution in [0.2, 0.25) is 0 Å². The van der Waals surface area contributed by atoms with Crippen LogP contribution < -0.4 is 5.32 Å². The van der Waals surface area contributed by atoms with Gasteiger partial charge in [0.05, 0.1) is 0 Å². The van der Waals surface area contributed by atoms with Crippen molar-refractivity contribution in [3.8, 4) is 0 Å². The van der Waals surface area contributed by atoms with Gasteiger partial charge in [0.2, 0.25) is 5.91 Å². The van der Waals surface area contributed by atoms with Gasteiger partial charge in [-0.15, -0.1) is 0 Å². The molecule has 19 heavy (non-hydrogen) atoms. The maximum atomic E-state index is 12.0. The highest BCUT2D eigenvalue weighted by Gasteiger charge is 2.33. The molecule has 1 heterocycles. The quantitative estimate of drug-likeness (QED) is 0.832. The van der Waals surface area contributed by atoms with Crippen molar-refractivity contribution in [3.05, 3.63) is 0 Å². The van der Waals surface area contributed by atoms with Crippen molar-refractivity contribution in [2.45, 2.75) is 58.1 Å². The van der Waals surface area contributed by atoms with Gasteiger partial charge in [-0.25, -0.2) is 4.79 Å². The lowest BCUT2D eigenvalue weighted by molar-refractivity contribution is -0.123.